The molecule has 0 saturated heterocycles. The van der Waals surface area contributed by atoms with Gasteiger partial charge in [-0.1, -0.05) is 139 Å². The Balaban J connectivity index is 1.01. The highest BCUT2D eigenvalue weighted by atomic mass is 15.2. The molecule has 0 N–H and O–H groups in total. The van der Waals surface area contributed by atoms with Crippen molar-refractivity contribution >= 4 is 52.7 Å². The Morgan fingerprint density at radius 1 is 0.442 bits per heavy atom. The van der Waals surface area contributed by atoms with E-state index in [4.69, 9.17) is 0 Å². The molecule has 0 fully saturated rings. The van der Waals surface area contributed by atoms with Crippen molar-refractivity contribution < 1.29 is 0 Å². The first-order valence-electron chi connectivity index (χ1n) is 18.2. The number of anilines is 5. The third-order valence-electron chi connectivity index (χ3n) is 10.1. The minimum absolute atomic E-state index is 0.290. The van der Waals surface area contributed by atoms with Crippen LogP contribution in [0.5, 0.6) is 0 Å². The summed E-state index contributed by atoms with van der Waals surface area (Å²) in [5.74, 6) is 0. The lowest BCUT2D eigenvalue weighted by Gasteiger charge is -2.34. The lowest BCUT2D eigenvalue weighted by Crippen LogP contribution is -2.31. The SMILES string of the molecule is CC1=C(C)CC(N(c2ccccc2)c2ccc(/C=C\c3ccc(C=Cc4ccc(N(c5ccccc5)c5ccc(C)c(C)c5)cc4)cc3)cc2)C=C1. The lowest BCUT2D eigenvalue weighted by molar-refractivity contribution is 0.749. The summed E-state index contributed by atoms with van der Waals surface area (Å²) < 4.78 is 0. The molecule has 0 aromatic heterocycles. The fraction of sp³-hybridized carbons (Fsp3) is 0.120. The van der Waals surface area contributed by atoms with E-state index in [0.717, 1.165) is 29.0 Å². The molecule has 1 aliphatic rings. The van der Waals surface area contributed by atoms with Gasteiger partial charge in [-0.15, -0.1) is 0 Å². The van der Waals surface area contributed by atoms with E-state index in [1.54, 1.807) is 0 Å². The molecular weight excluding hydrogens is 629 g/mol. The molecule has 0 radical (unpaired) electrons. The van der Waals surface area contributed by atoms with Gasteiger partial charge in [0.1, 0.15) is 0 Å². The third-order valence-corrected chi connectivity index (χ3v) is 10.1. The normalized spacial score (nSPS) is 14.3. The van der Waals surface area contributed by atoms with Crippen molar-refractivity contribution in [2.45, 2.75) is 40.2 Å². The van der Waals surface area contributed by atoms with Gasteiger partial charge in [0, 0.05) is 28.4 Å². The van der Waals surface area contributed by atoms with Crippen molar-refractivity contribution in [1.29, 1.82) is 0 Å². The van der Waals surface area contributed by atoms with E-state index >= 15 is 0 Å². The van der Waals surface area contributed by atoms with Gasteiger partial charge >= 0.3 is 0 Å². The number of para-hydroxylation sites is 2. The summed E-state index contributed by atoms with van der Waals surface area (Å²) in [6.45, 7) is 8.78. The van der Waals surface area contributed by atoms with Crippen LogP contribution in [-0.4, -0.2) is 6.04 Å². The fourth-order valence-electron chi connectivity index (χ4n) is 6.71. The third kappa shape index (κ3) is 8.09. The molecule has 0 aliphatic heterocycles. The van der Waals surface area contributed by atoms with E-state index in [-0.39, 0.29) is 6.04 Å². The zero-order valence-corrected chi connectivity index (χ0v) is 30.6. The minimum Gasteiger partial charge on any atom is -0.334 e. The van der Waals surface area contributed by atoms with Crippen LogP contribution >= 0.6 is 0 Å². The van der Waals surface area contributed by atoms with Crippen LogP contribution in [0, 0.1) is 13.8 Å². The van der Waals surface area contributed by atoms with Gasteiger partial charge in [-0.2, -0.15) is 0 Å². The molecule has 0 amide bonds. The van der Waals surface area contributed by atoms with Gasteiger partial charge < -0.3 is 9.80 Å². The van der Waals surface area contributed by atoms with Gasteiger partial charge in [0.25, 0.3) is 0 Å². The Hall–Kier alpha value is -6.12. The summed E-state index contributed by atoms with van der Waals surface area (Å²) in [7, 11) is 0. The maximum atomic E-state index is 2.45. The van der Waals surface area contributed by atoms with Gasteiger partial charge in [-0.3, -0.25) is 0 Å². The molecule has 6 aromatic carbocycles. The van der Waals surface area contributed by atoms with Crippen LogP contribution in [0.1, 0.15) is 53.6 Å². The summed E-state index contributed by atoms with van der Waals surface area (Å²) in [6.07, 6.45) is 14.4. The molecule has 1 unspecified atom stereocenters. The summed E-state index contributed by atoms with van der Waals surface area (Å²) in [5, 5.41) is 0. The second kappa shape index (κ2) is 15.8. The molecule has 1 aliphatic carbocycles. The molecule has 0 bridgehead atoms. The highest BCUT2D eigenvalue weighted by Gasteiger charge is 2.21. The molecule has 2 nitrogen and oxygen atoms in total. The average Bonchev–Trinajstić information content (AvgIpc) is 3.18. The first-order chi connectivity index (χ1) is 25.4. The van der Waals surface area contributed by atoms with Crippen LogP contribution in [-0.2, 0) is 0 Å². The quantitative estimate of drug-likeness (QED) is 0.133. The molecule has 6 aromatic rings. The van der Waals surface area contributed by atoms with E-state index in [1.807, 2.05) is 0 Å². The average molecular weight is 675 g/mol. The molecule has 52 heavy (non-hydrogen) atoms. The summed E-state index contributed by atoms with van der Waals surface area (Å²) in [4.78, 5) is 4.76. The summed E-state index contributed by atoms with van der Waals surface area (Å²) in [6, 6.07) is 54.6. The Morgan fingerprint density at radius 2 is 0.865 bits per heavy atom. The van der Waals surface area contributed by atoms with Crippen LogP contribution in [0.3, 0.4) is 0 Å². The highest BCUT2D eigenvalue weighted by molar-refractivity contribution is 5.79. The first-order valence-corrected chi connectivity index (χ1v) is 18.2. The van der Waals surface area contributed by atoms with E-state index in [1.165, 1.54) is 50.3 Å². The van der Waals surface area contributed by atoms with Gasteiger partial charge in [0.05, 0.1) is 6.04 Å². The topological polar surface area (TPSA) is 6.48 Å². The number of benzene rings is 6. The van der Waals surface area contributed by atoms with Gasteiger partial charge in [0.15, 0.2) is 0 Å². The molecule has 0 spiro atoms. The predicted octanol–water partition coefficient (Wildman–Crippen LogP) is 13.9. The monoisotopic (exact) mass is 674 g/mol. The molecule has 256 valence electrons. The van der Waals surface area contributed by atoms with Crippen molar-refractivity contribution in [3.8, 4) is 0 Å². The Bertz CT molecular complexity index is 2220. The highest BCUT2D eigenvalue weighted by Crippen LogP contribution is 2.36. The fourth-order valence-corrected chi connectivity index (χ4v) is 6.71. The number of aryl methyl sites for hydroxylation is 2. The molecule has 0 heterocycles. The van der Waals surface area contributed by atoms with E-state index in [9.17, 15) is 0 Å². The van der Waals surface area contributed by atoms with Crippen molar-refractivity contribution in [2.75, 3.05) is 9.80 Å². The van der Waals surface area contributed by atoms with Crippen LogP contribution in [0.4, 0.5) is 28.4 Å². The zero-order valence-electron chi connectivity index (χ0n) is 30.6. The molecule has 7 rings (SSSR count). The number of hydrogen-bond donors (Lipinski definition) is 0. The van der Waals surface area contributed by atoms with Crippen molar-refractivity contribution in [3.05, 3.63) is 208 Å². The molecule has 2 heteroatoms. The zero-order chi connectivity index (χ0) is 35.9. The predicted molar refractivity (Wildman–Crippen MR) is 226 cm³/mol. The lowest BCUT2D eigenvalue weighted by atomic mass is 9.94. The van der Waals surface area contributed by atoms with Crippen molar-refractivity contribution in [1.82, 2.24) is 0 Å². The van der Waals surface area contributed by atoms with Crippen LogP contribution in [0.15, 0.2) is 175 Å². The number of allylic oxidation sites excluding steroid dienone is 2. The van der Waals surface area contributed by atoms with Gasteiger partial charge in [0.2, 0.25) is 0 Å². The maximum absolute atomic E-state index is 2.45. The van der Waals surface area contributed by atoms with Crippen LogP contribution in [0.2, 0.25) is 0 Å². The number of hydrogen-bond acceptors (Lipinski definition) is 2. The van der Waals surface area contributed by atoms with Gasteiger partial charge in [-0.05, 0) is 128 Å². The van der Waals surface area contributed by atoms with E-state index in [2.05, 4.69) is 226 Å². The Labute approximate surface area is 310 Å². The van der Waals surface area contributed by atoms with Crippen molar-refractivity contribution in [2.24, 2.45) is 0 Å². The largest absolute Gasteiger partial charge is 0.334 e. The summed E-state index contributed by atoms with van der Waals surface area (Å²) >= 11 is 0. The Morgan fingerprint density at radius 3 is 1.37 bits per heavy atom. The number of rotatable bonds is 10. The standard InChI is InChI=1S/C50H46N2/c1-37-15-29-49(35-39(37)3)51(45-11-7-5-8-12-45)47-31-25-43(26-32-47)23-21-41-17-19-42(20-18-41)22-24-44-27-33-48(34-28-44)52(46-13-9-6-10-14-46)50-30-16-38(2)40(4)36-50/h5-35,50H,36H2,1-4H3/b23-21?,24-22-. The second-order valence-corrected chi connectivity index (χ2v) is 13.8. The first kappa shape index (κ1) is 34.3. The summed E-state index contributed by atoms with van der Waals surface area (Å²) in [5.41, 5.74) is 15.9. The maximum Gasteiger partial charge on any atom is 0.0562 e. The molecule has 0 saturated carbocycles. The van der Waals surface area contributed by atoms with E-state index < -0.39 is 0 Å². The number of nitrogens with zero attached hydrogens (tertiary/aromatic N) is 2. The molecular formula is C50H46N2. The van der Waals surface area contributed by atoms with Crippen LogP contribution in [0.25, 0.3) is 24.3 Å². The smallest absolute Gasteiger partial charge is 0.0562 e. The van der Waals surface area contributed by atoms with Gasteiger partial charge in [-0.25, -0.2) is 0 Å². The van der Waals surface area contributed by atoms with Crippen molar-refractivity contribution in [3.63, 3.8) is 0 Å². The van der Waals surface area contributed by atoms with Crippen LogP contribution < -0.4 is 9.80 Å². The minimum atomic E-state index is 0.290. The second-order valence-electron chi connectivity index (χ2n) is 13.8. The Kier molecular flexibility index (Phi) is 10.5. The molecule has 1 atom stereocenters. The van der Waals surface area contributed by atoms with E-state index in [0.29, 0.717) is 0 Å².